The smallest absolute Gasteiger partial charge is 0.407 e. The molecule has 0 spiro atoms. The molecule has 1 N–H and O–H groups in total. The van der Waals surface area contributed by atoms with Crippen molar-refractivity contribution < 1.29 is 23.8 Å². The van der Waals surface area contributed by atoms with Crippen LogP contribution in [0.2, 0.25) is 0 Å². The molecule has 3 heterocycles. The van der Waals surface area contributed by atoms with Crippen molar-refractivity contribution >= 4 is 23.3 Å². The summed E-state index contributed by atoms with van der Waals surface area (Å²) in [5.41, 5.74) is 2.73. The molecule has 2 aliphatic heterocycles. The molecule has 8 nitrogen and oxygen atoms in total. The normalized spacial score (nSPS) is 15.1. The molecule has 2 aliphatic rings. The molecule has 0 unspecified atom stereocenters. The van der Waals surface area contributed by atoms with Crippen LogP contribution < -0.4 is 14.8 Å². The Bertz CT molecular complexity index is 1160. The van der Waals surface area contributed by atoms with E-state index in [4.69, 9.17) is 14.2 Å². The van der Waals surface area contributed by atoms with Gasteiger partial charge in [-0.2, -0.15) is 0 Å². The monoisotopic (exact) mass is 493 g/mol. The number of thiophene rings is 1. The summed E-state index contributed by atoms with van der Waals surface area (Å²) in [6.07, 6.45) is -0.461. The number of alkyl carbamates (subject to hydrolysis) is 1. The van der Waals surface area contributed by atoms with Gasteiger partial charge < -0.3 is 24.4 Å². The molecule has 2 aromatic carbocycles. The van der Waals surface area contributed by atoms with E-state index in [-0.39, 0.29) is 19.3 Å². The van der Waals surface area contributed by atoms with Crippen LogP contribution in [0.15, 0.2) is 60.0 Å². The maximum absolute atomic E-state index is 13.0. The van der Waals surface area contributed by atoms with E-state index in [2.05, 4.69) is 16.3 Å². The van der Waals surface area contributed by atoms with Gasteiger partial charge in [0.25, 0.3) is 5.91 Å². The van der Waals surface area contributed by atoms with Crippen molar-refractivity contribution in [3.05, 3.63) is 81.5 Å². The minimum atomic E-state index is -0.461. The summed E-state index contributed by atoms with van der Waals surface area (Å²) in [6.45, 7) is 4.70. The summed E-state index contributed by atoms with van der Waals surface area (Å²) in [5.74, 6) is 1.62. The van der Waals surface area contributed by atoms with Gasteiger partial charge in [0.2, 0.25) is 6.79 Å². The van der Waals surface area contributed by atoms with Crippen LogP contribution >= 0.6 is 11.3 Å². The second kappa shape index (κ2) is 10.8. The largest absolute Gasteiger partial charge is 0.454 e. The minimum Gasteiger partial charge on any atom is -0.454 e. The van der Waals surface area contributed by atoms with Gasteiger partial charge in [-0.15, -0.1) is 11.3 Å². The van der Waals surface area contributed by atoms with E-state index < -0.39 is 6.09 Å². The number of nitrogens with one attached hydrogen (secondary N) is 1. The Hall–Kier alpha value is -3.56. The molecule has 35 heavy (non-hydrogen) atoms. The van der Waals surface area contributed by atoms with E-state index in [1.807, 2.05) is 58.8 Å². The summed E-state index contributed by atoms with van der Waals surface area (Å²) < 4.78 is 16.0. The molecule has 3 aromatic rings. The van der Waals surface area contributed by atoms with Gasteiger partial charge in [0.05, 0.1) is 0 Å². The van der Waals surface area contributed by atoms with Crippen molar-refractivity contribution in [3.8, 4) is 11.5 Å². The lowest BCUT2D eigenvalue weighted by atomic mass is 10.1. The second-order valence-electron chi connectivity index (χ2n) is 8.46. The lowest BCUT2D eigenvalue weighted by molar-refractivity contribution is 0.0628. The highest BCUT2D eigenvalue weighted by atomic mass is 32.1. The quantitative estimate of drug-likeness (QED) is 0.539. The average molecular weight is 494 g/mol. The Morgan fingerprint density at radius 3 is 2.49 bits per heavy atom. The minimum absolute atomic E-state index is 0.0302. The fourth-order valence-electron chi connectivity index (χ4n) is 4.11. The number of nitrogens with zero attached hydrogens (tertiary/aromatic N) is 2. The van der Waals surface area contributed by atoms with E-state index in [9.17, 15) is 9.59 Å². The third kappa shape index (κ3) is 5.93. The molecule has 9 heteroatoms. The first-order chi connectivity index (χ1) is 17.1. The van der Waals surface area contributed by atoms with E-state index in [0.717, 1.165) is 41.6 Å². The molecule has 0 aliphatic carbocycles. The van der Waals surface area contributed by atoms with Crippen LogP contribution in [0, 0.1) is 0 Å². The second-order valence-corrected chi connectivity index (χ2v) is 9.49. The highest BCUT2D eigenvalue weighted by Crippen LogP contribution is 2.32. The molecule has 182 valence electrons. The highest BCUT2D eigenvalue weighted by Gasteiger charge is 2.23. The molecule has 1 saturated heterocycles. The van der Waals surface area contributed by atoms with Gasteiger partial charge in [0.1, 0.15) is 6.61 Å². The molecule has 0 bridgehead atoms. The topological polar surface area (TPSA) is 80.3 Å². The van der Waals surface area contributed by atoms with Gasteiger partial charge in [-0.25, -0.2) is 4.79 Å². The third-order valence-corrected chi connectivity index (χ3v) is 6.92. The number of ether oxygens (including phenoxy) is 3. The number of fused-ring (bicyclic) bond motifs is 1. The van der Waals surface area contributed by atoms with Gasteiger partial charge in [-0.1, -0.05) is 24.3 Å². The summed E-state index contributed by atoms with van der Waals surface area (Å²) in [5, 5.41) is 4.68. The summed E-state index contributed by atoms with van der Waals surface area (Å²) >= 11 is 1.55. The third-order valence-electron chi connectivity index (χ3n) is 6.07. The van der Waals surface area contributed by atoms with E-state index in [1.165, 1.54) is 5.56 Å². The van der Waals surface area contributed by atoms with Crippen LogP contribution in [0.4, 0.5) is 4.79 Å². The Morgan fingerprint density at radius 2 is 1.71 bits per heavy atom. The maximum Gasteiger partial charge on any atom is 0.407 e. The van der Waals surface area contributed by atoms with E-state index in [1.54, 1.807) is 11.3 Å². The first kappa shape index (κ1) is 23.2. The van der Waals surface area contributed by atoms with Gasteiger partial charge in [-0.05, 0) is 46.8 Å². The Labute approximate surface area is 208 Å². The zero-order valence-corrected chi connectivity index (χ0v) is 20.1. The predicted molar refractivity (Wildman–Crippen MR) is 132 cm³/mol. The number of hydrogen-bond donors (Lipinski definition) is 1. The standard InChI is InChI=1S/C26H27N3O5S/c30-25(21-6-3-19(4-7-21)15-27-26(31)32-17-22-2-1-13-35-22)29-11-9-28(10-12-29)16-20-5-8-23-24(14-20)34-18-33-23/h1-8,13-14H,9-12,15-18H2,(H,27,31). The van der Waals surface area contributed by atoms with Crippen LogP contribution in [0.25, 0.3) is 0 Å². The molecule has 0 radical (unpaired) electrons. The molecule has 0 atom stereocenters. The van der Waals surface area contributed by atoms with Gasteiger partial charge in [0, 0.05) is 49.7 Å². The van der Waals surface area contributed by atoms with Crippen molar-refractivity contribution in [1.82, 2.24) is 15.1 Å². The summed E-state index contributed by atoms with van der Waals surface area (Å²) in [6, 6.07) is 17.2. The molecule has 2 amide bonds. The van der Waals surface area contributed by atoms with Crippen LogP contribution in [-0.2, 0) is 24.4 Å². The Balaban J connectivity index is 1.06. The van der Waals surface area contributed by atoms with Gasteiger partial charge in [0.15, 0.2) is 11.5 Å². The molecular weight excluding hydrogens is 466 g/mol. The number of carbonyl (C=O) groups is 2. The number of benzene rings is 2. The number of amides is 2. The first-order valence-electron chi connectivity index (χ1n) is 11.6. The van der Waals surface area contributed by atoms with Crippen LogP contribution in [0.5, 0.6) is 11.5 Å². The number of rotatable bonds is 7. The number of piperazine rings is 1. The van der Waals surface area contributed by atoms with Crippen LogP contribution in [0.3, 0.4) is 0 Å². The Kier molecular flexibility index (Phi) is 7.15. The molecule has 1 aromatic heterocycles. The number of hydrogen-bond acceptors (Lipinski definition) is 7. The van der Waals surface area contributed by atoms with Crippen molar-refractivity contribution in [2.45, 2.75) is 19.7 Å². The van der Waals surface area contributed by atoms with Crippen LogP contribution in [0.1, 0.15) is 26.4 Å². The van der Waals surface area contributed by atoms with Crippen molar-refractivity contribution in [1.29, 1.82) is 0 Å². The predicted octanol–water partition coefficient (Wildman–Crippen LogP) is 3.86. The van der Waals surface area contributed by atoms with Crippen LogP contribution in [-0.4, -0.2) is 54.8 Å². The molecule has 5 rings (SSSR count). The maximum atomic E-state index is 13.0. The van der Waals surface area contributed by atoms with Gasteiger partial charge in [-0.3, -0.25) is 9.69 Å². The van der Waals surface area contributed by atoms with Gasteiger partial charge >= 0.3 is 6.09 Å². The van der Waals surface area contributed by atoms with E-state index >= 15 is 0 Å². The van der Waals surface area contributed by atoms with Crippen molar-refractivity contribution in [3.63, 3.8) is 0 Å². The lowest BCUT2D eigenvalue weighted by Gasteiger charge is -2.34. The summed E-state index contributed by atoms with van der Waals surface area (Å²) in [4.78, 5) is 30.1. The van der Waals surface area contributed by atoms with E-state index in [0.29, 0.717) is 25.2 Å². The SMILES string of the molecule is O=C(NCc1ccc(C(=O)N2CCN(Cc3ccc4c(c3)OCO4)CC2)cc1)OCc1cccs1. The summed E-state index contributed by atoms with van der Waals surface area (Å²) in [7, 11) is 0. The van der Waals surface area contributed by atoms with Crippen molar-refractivity contribution in [2.75, 3.05) is 33.0 Å². The Morgan fingerprint density at radius 1 is 0.943 bits per heavy atom. The fraction of sp³-hybridized carbons (Fsp3) is 0.308. The highest BCUT2D eigenvalue weighted by molar-refractivity contribution is 7.09. The average Bonchev–Trinajstić information content (AvgIpc) is 3.58. The fourth-order valence-corrected chi connectivity index (χ4v) is 4.73. The molecule has 0 saturated carbocycles. The lowest BCUT2D eigenvalue weighted by Crippen LogP contribution is -2.48. The zero-order chi connectivity index (χ0) is 24.0. The molecular formula is C26H27N3O5S. The number of carbonyl (C=O) groups excluding carboxylic acids is 2. The zero-order valence-electron chi connectivity index (χ0n) is 19.3. The van der Waals surface area contributed by atoms with Crippen molar-refractivity contribution in [2.24, 2.45) is 0 Å². The first-order valence-corrected chi connectivity index (χ1v) is 12.4. The molecule has 1 fully saturated rings.